The molecule has 5 heteroatoms. The molecule has 0 aliphatic carbocycles. The van der Waals surface area contributed by atoms with Gasteiger partial charge in [0.1, 0.15) is 11.4 Å². The molecule has 0 atom stereocenters. The molecule has 1 aromatic carbocycles. The number of thiazole rings is 1. The van der Waals surface area contributed by atoms with Crippen molar-refractivity contribution in [3.05, 3.63) is 34.4 Å². The van der Waals surface area contributed by atoms with Crippen LogP contribution in [0.25, 0.3) is 10.4 Å². The number of rotatable bonds is 3. The number of carbonyl (C=O) groups excluding carboxylic acids is 1. The lowest BCUT2D eigenvalue weighted by atomic mass is 10.1. The summed E-state index contributed by atoms with van der Waals surface area (Å²) in [6.45, 7) is 1.50. The Labute approximate surface area is 108 Å². The Morgan fingerprint density at radius 2 is 2.24 bits per heavy atom. The molecular formula is C12H10ClNO2S. The minimum atomic E-state index is -0.0664. The molecule has 1 aromatic heterocycles. The number of aromatic nitrogens is 1. The summed E-state index contributed by atoms with van der Waals surface area (Å²) in [5, 5.41) is 0.601. The van der Waals surface area contributed by atoms with Crippen LogP contribution in [0.4, 0.5) is 0 Å². The van der Waals surface area contributed by atoms with E-state index in [1.165, 1.54) is 18.3 Å². The average molecular weight is 268 g/mol. The fraction of sp³-hybridized carbons (Fsp3) is 0.167. The number of nitrogens with zero attached hydrogens (tertiary/aromatic N) is 1. The normalized spacial score (nSPS) is 10.3. The van der Waals surface area contributed by atoms with Crippen molar-refractivity contribution >= 4 is 28.7 Å². The van der Waals surface area contributed by atoms with Gasteiger partial charge in [-0.05, 0) is 18.2 Å². The van der Waals surface area contributed by atoms with E-state index in [1.807, 2.05) is 0 Å². The lowest BCUT2D eigenvalue weighted by Crippen LogP contribution is -1.96. The SMILES string of the molecule is COc1ccc(Cl)cc1-c1scnc1C(C)=O. The zero-order chi connectivity index (χ0) is 12.4. The van der Waals surface area contributed by atoms with Crippen molar-refractivity contribution in [2.45, 2.75) is 6.92 Å². The largest absolute Gasteiger partial charge is 0.496 e. The number of ether oxygens (including phenoxy) is 1. The van der Waals surface area contributed by atoms with E-state index >= 15 is 0 Å². The molecule has 17 heavy (non-hydrogen) atoms. The van der Waals surface area contributed by atoms with Gasteiger partial charge in [0.25, 0.3) is 0 Å². The predicted octanol–water partition coefficient (Wildman–Crippen LogP) is 3.67. The quantitative estimate of drug-likeness (QED) is 0.797. The molecule has 0 saturated carbocycles. The number of benzene rings is 1. The Morgan fingerprint density at radius 3 is 2.88 bits per heavy atom. The molecule has 2 aromatic rings. The molecule has 0 spiro atoms. The van der Waals surface area contributed by atoms with Crippen LogP contribution in [-0.4, -0.2) is 17.9 Å². The Hall–Kier alpha value is -1.39. The van der Waals surface area contributed by atoms with E-state index in [1.54, 1.807) is 30.8 Å². The second kappa shape index (κ2) is 4.85. The van der Waals surface area contributed by atoms with Gasteiger partial charge in [-0.15, -0.1) is 11.3 Å². The smallest absolute Gasteiger partial charge is 0.179 e. The summed E-state index contributed by atoms with van der Waals surface area (Å²) >= 11 is 7.36. The zero-order valence-electron chi connectivity index (χ0n) is 9.36. The number of halogens is 1. The highest BCUT2D eigenvalue weighted by atomic mass is 35.5. The molecule has 3 nitrogen and oxygen atoms in total. The van der Waals surface area contributed by atoms with E-state index < -0.39 is 0 Å². The van der Waals surface area contributed by atoms with Crippen molar-refractivity contribution in [1.29, 1.82) is 0 Å². The molecule has 2 rings (SSSR count). The molecule has 0 bridgehead atoms. The van der Waals surface area contributed by atoms with Crippen LogP contribution < -0.4 is 4.74 Å². The van der Waals surface area contributed by atoms with E-state index in [9.17, 15) is 4.79 Å². The van der Waals surface area contributed by atoms with Crippen LogP contribution in [0.3, 0.4) is 0 Å². The molecule has 0 unspecified atom stereocenters. The van der Waals surface area contributed by atoms with Crippen molar-refractivity contribution in [3.63, 3.8) is 0 Å². The summed E-state index contributed by atoms with van der Waals surface area (Å²) in [4.78, 5) is 16.3. The molecule has 0 fully saturated rings. The first-order chi connectivity index (χ1) is 8.13. The number of ketones is 1. The Kier molecular flexibility index (Phi) is 3.45. The zero-order valence-corrected chi connectivity index (χ0v) is 10.9. The maximum absolute atomic E-state index is 11.5. The molecule has 0 radical (unpaired) electrons. The van der Waals surface area contributed by atoms with Gasteiger partial charge in [0, 0.05) is 17.5 Å². The first-order valence-electron chi connectivity index (χ1n) is 4.92. The summed E-state index contributed by atoms with van der Waals surface area (Å²) in [5.41, 5.74) is 2.90. The Balaban J connectivity index is 2.63. The fourth-order valence-corrected chi connectivity index (χ4v) is 2.58. The maximum Gasteiger partial charge on any atom is 0.179 e. The first kappa shape index (κ1) is 12.1. The summed E-state index contributed by atoms with van der Waals surface area (Å²) in [5.74, 6) is 0.615. The van der Waals surface area contributed by atoms with Gasteiger partial charge in [-0.1, -0.05) is 11.6 Å². The number of methoxy groups -OCH3 is 1. The fourth-order valence-electron chi connectivity index (χ4n) is 1.55. The predicted molar refractivity (Wildman–Crippen MR) is 69.1 cm³/mol. The van der Waals surface area contributed by atoms with Gasteiger partial charge in [0.15, 0.2) is 5.78 Å². The molecule has 0 aliphatic rings. The average Bonchev–Trinajstić information content (AvgIpc) is 2.77. The van der Waals surface area contributed by atoms with Gasteiger partial charge in [-0.3, -0.25) is 4.79 Å². The lowest BCUT2D eigenvalue weighted by molar-refractivity contribution is 0.101. The third-order valence-corrected chi connectivity index (χ3v) is 3.40. The van der Waals surface area contributed by atoms with E-state index in [0.717, 1.165) is 10.4 Å². The van der Waals surface area contributed by atoms with E-state index in [0.29, 0.717) is 16.5 Å². The van der Waals surface area contributed by atoms with E-state index in [-0.39, 0.29) is 5.78 Å². The van der Waals surface area contributed by atoms with Gasteiger partial charge in [0.2, 0.25) is 0 Å². The lowest BCUT2D eigenvalue weighted by Gasteiger charge is -2.07. The van der Waals surface area contributed by atoms with Crippen LogP contribution in [-0.2, 0) is 0 Å². The highest BCUT2D eigenvalue weighted by Crippen LogP contribution is 2.36. The minimum absolute atomic E-state index is 0.0664. The third kappa shape index (κ3) is 2.33. The van der Waals surface area contributed by atoms with E-state index in [4.69, 9.17) is 16.3 Å². The maximum atomic E-state index is 11.5. The summed E-state index contributed by atoms with van der Waals surface area (Å²) < 4.78 is 5.27. The molecule has 88 valence electrons. The van der Waals surface area contributed by atoms with Gasteiger partial charge in [-0.2, -0.15) is 0 Å². The molecule has 0 amide bonds. The van der Waals surface area contributed by atoms with Gasteiger partial charge in [0.05, 0.1) is 17.5 Å². The summed E-state index contributed by atoms with van der Waals surface area (Å²) in [7, 11) is 1.58. The topological polar surface area (TPSA) is 39.2 Å². The highest BCUT2D eigenvalue weighted by molar-refractivity contribution is 7.13. The van der Waals surface area contributed by atoms with Crippen LogP contribution >= 0.6 is 22.9 Å². The van der Waals surface area contributed by atoms with Gasteiger partial charge < -0.3 is 4.74 Å². The molecule has 1 heterocycles. The van der Waals surface area contributed by atoms with Crippen molar-refractivity contribution in [2.75, 3.05) is 7.11 Å². The van der Waals surface area contributed by atoms with Gasteiger partial charge in [-0.25, -0.2) is 4.98 Å². The van der Waals surface area contributed by atoms with Gasteiger partial charge >= 0.3 is 0 Å². The minimum Gasteiger partial charge on any atom is -0.496 e. The molecule has 0 saturated heterocycles. The number of Topliss-reactive ketones (excluding diaryl/α,β-unsaturated/α-hetero) is 1. The number of hydrogen-bond donors (Lipinski definition) is 0. The summed E-state index contributed by atoms with van der Waals surface area (Å²) in [6.07, 6.45) is 0. The second-order valence-electron chi connectivity index (χ2n) is 3.43. The highest BCUT2D eigenvalue weighted by Gasteiger charge is 2.16. The van der Waals surface area contributed by atoms with Crippen molar-refractivity contribution in [3.8, 4) is 16.2 Å². The first-order valence-corrected chi connectivity index (χ1v) is 6.17. The summed E-state index contributed by atoms with van der Waals surface area (Å²) in [6, 6.07) is 5.31. The Bertz CT molecular complexity index is 565. The molecule has 0 N–H and O–H groups in total. The van der Waals surface area contributed by atoms with Crippen molar-refractivity contribution < 1.29 is 9.53 Å². The van der Waals surface area contributed by atoms with Crippen LogP contribution in [0.5, 0.6) is 5.75 Å². The number of carbonyl (C=O) groups is 1. The van der Waals surface area contributed by atoms with Crippen LogP contribution in [0, 0.1) is 0 Å². The second-order valence-corrected chi connectivity index (χ2v) is 4.72. The van der Waals surface area contributed by atoms with Crippen LogP contribution in [0.2, 0.25) is 5.02 Å². The molecule has 0 aliphatic heterocycles. The van der Waals surface area contributed by atoms with E-state index in [2.05, 4.69) is 4.98 Å². The van der Waals surface area contributed by atoms with Crippen LogP contribution in [0.15, 0.2) is 23.7 Å². The van der Waals surface area contributed by atoms with Crippen LogP contribution in [0.1, 0.15) is 17.4 Å². The third-order valence-electron chi connectivity index (χ3n) is 2.31. The van der Waals surface area contributed by atoms with Crippen molar-refractivity contribution in [2.24, 2.45) is 0 Å². The number of hydrogen-bond acceptors (Lipinski definition) is 4. The Morgan fingerprint density at radius 1 is 1.47 bits per heavy atom. The van der Waals surface area contributed by atoms with Crippen molar-refractivity contribution in [1.82, 2.24) is 4.98 Å². The molecular weight excluding hydrogens is 258 g/mol. The monoisotopic (exact) mass is 267 g/mol. The standard InChI is InChI=1S/C12H10ClNO2S/c1-7(15)11-12(17-6-14-11)9-5-8(13)3-4-10(9)16-2/h3-6H,1-2H3.